The van der Waals surface area contributed by atoms with Gasteiger partial charge in [0.25, 0.3) is 0 Å². The lowest BCUT2D eigenvalue weighted by Crippen LogP contribution is -2.03. The summed E-state index contributed by atoms with van der Waals surface area (Å²) in [6.07, 6.45) is 1.60. The van der Waals surface area contributed by atoms with Gasteiger partial charge in [0.15, 0.2) is 5.82 Å². The molecule has 4 nitrogen and oxygen atoms in total. The first-order valence-corrected chi connectivity index (χ1v) is 8.10. The maximum absolute atomic E-state index is 6.24. The number of hydrogen-bond acceptors (Lipinski definition) is 4. The zero-order valence-electron chi connectivity index (χ0n) is 13.9. The van der Waals surface area contributed by atoms with Gasteiger partial charge in [-0.05, 0) is 44.0 Å². The molecule has 0 amide bonds. The van der Waals surface area contributed by atoms with Crippen LogP contribution in [0.4, 0.5) is 23.1 Å². The van der Waals surface area contributed by atoms with Gasteiger partial charge in [-0.2, -0.15) is 4.98 Å². The number of benzene rings is 2. The molecule has 0 unspecified atom stereocenters. The normalized spacial score (nSPS) is 10.5. The summed E-state index contributed by atoms with van der Waals surface area (Å²) in [5, 5.41) is 6.99. The van der Waals surface area contributed by atoms with Gasteiger partial charge < -0.3 is 10.6 Å². The summed E-state index contributed by atoms with van der Waals surface area (Å²) in [4.78, 5) is 8.77. The van der Waals surface area contributed by atoms with E-state index < -0.39 is 0 Å². The van der Waals surface area contributed by atoms with E-state index in [-0.39, 0.29) is 0 Å². The van der Waals surface area contributed by atoms with Crippen LogP contribution in [0.1, 0.15) is 16.7 Å². The van der Waals surface area contributed by atoms with Gasteiger partial charge in [0.1, 0.15) is 5.02 Å². The van der Waals surface area contributed by atoms with E-state index in [1.807, 2.05) is 37.3 Å². The van der Waals surface area contributed by atoms with Crippen molar-refractivity contribution < 1.29 is 0 Å². The van der Waals surface area contributed by atoms with E-state index in [9.17, 15) is 0 Å². The highest BCUT2D eigenvalue weighted by Crippen LogP contribution is 2.27. The summed E-state index contributed by atoms with van der Waals surface area (Å²) in [5.41, 5.74) is 5.43. The first-order chi connectivity index (χ1) is 11.5. The smallest absolute Gasteiger partial charge is 0.229 e. The molecule has 0 radical (unpaired) electrons. The van der Waals surface area contributed by atoms with Crippen molar-refractivity contribution in [3.8, 4) is 0 Å². The molecular formula is C19H19ClN4. The van der Waals surface area contributed by atoms with Crippen molar-refractivity contribution in [2.24, 2.45) is 0 Å². The van der Waals surface area contributed by atoms with Crippen molar-refractivity contribution in [2.75, 3.05) is 10.6 Å². The molecule has 1 heterocycles. The Balaban J connectivity index is 1.87. The second-order valence-electron chi connectivity index (χ2n) is 5.77. The minimum absolute atomic E-state index is 0.476. The predicted molar refractivity (Wildman–Crippen MR) is 101 cm³/mol. The van der Waals surface area contributed by atoms with Crippen molar-refractivity contribution in [3.05, 3.63) is 70.4 Å². The van der Waals surface area contributed by atoms with Crippen LogP contribution in [-0.4, -0.2) is 9.97 Å². The van der Waals surface area contributed by atoms with Crippen molar-refractivity contribution >= 4 is 34.7 Å². The summed E-state index contributed by atoms with van der Waals surface area (Å²) in [6.45, 7) is 6.16. The minimum atomic E-state index is 0.476. The lowest BCUT2D eigenvalue weighted by molar-refractivity contribution is 1.16. The fraction of sp³-hybridized carbons (Fsp3) is 0.158. The Morgan fingerprint density at radius 2 is 1.62 bits per heavy atom. The van der Waals surface area contributed by atoms with Gasteiger partial charge in [-0.3, -0.25) is 0 Å². The van der Waals surface area contributed by atoms with Crippen LogP contribution < -0.4 is 10.6 Å². The van der Waals surface area contributed by atoms with Crippen LogP contribution in [0.5, 0.6) is 0 Å². The van der Waals surface area contributed by atoms with Gasteiger partial charge in [0.05, 0.1) is 6.20 Å². The molecule has 5 heteroatoms. The quantitative estimate of drug-likeness (QED) is 0.655. The van der Waals surface area contributed by atoms with E-state index in [1.165, 1.54) is 5.56 Å². The average Bonchev–Trinajstić information content (AvgIpc) is 2.55. The molecule has 0 aliphatic carbocycles. The molecule has 0 fully saturated rings. The van der Waals surface area contributed by atoms with Crippen molar-refractivity contribution in [1.82, 2.24) is 9.97 Å². The van der Waals surface area contributed by atoms with Gasteiger partial charge in [-0.1, -0.05) is 47.5 Å². The number of anilines is 4. The number of para-hydroxylation sites is 1. The first kappa shape index (κ1) is 16.3. The van der Waals surface area contributed by atoms with E-state index in [0.29, 0.717) is 16.8 Å². The zero-order valence-corrected chi connectivity index (χ0v) is 14.6. The Morgan fingerprint density at radius 1 is 0.875 bits per heavy atom. The second-order valence-corrected chi connectivity index (χ2v) is 6.18. The molecule has 3 aromatic rings. The number of hydrogen-bond donors (Lipinski definition) is 2. The molecule has 0 aliphatic heterocycles. The fourth-order valence-electron chi connectivity index (χ4n) is 2.43. The number of aromatic nitrogens is 2. The van der Waals surface area contributed by atoms with Crippen molar-refractivity contribution in [2.45, 2.75) is 20.8 Å². The lowest BCUT2D eigenvalue weighted by atomic mass is 10.1. The molecule has 2 N–H and O–H groups in total. The Hall–Kier alpha value is -2.59. The molecule has 0 atom stereocenters. The van der Waals surface area contributed by atoms with Gasteiger partial charge >= 0.3 is 0 Å². The number of nitrogens with zero attached hydrogens (tertiary/aromatic N) is 2. The van der Waals surface area contributed by atoms with Crippen LogP contribution in [0.2, 0.25) is 5.02 Å². The van der Waals surface area contributed by atoms with E-state index >= 15 is 0 Å². The van der Waals surface area contributed by atoms with Crippen LogP contribution in [0, 0.1) is 20.8 Å². The maximum Gasteiger partial charge on any atom is 0.229 e. The molecule has 122 valence electrons. The van der Waals surface area contributed by atoms with Crippen LogP contribution in [0.3, 0.4) is 0 Å². The SMILES string of the molecule is Cc1ccc(Nc2ncc(Cl)c(Nc3ccccc3C)n2)c(C)c1. The number of halogens is 1. The second kappa shape index (κ2) is 6.89. The Labute approximate surface area is 146 Å². The number of aryl methyl sites for hydroxylation is 3. The van der Waals surface area contributed by atoms with E-state index in [2.05, 4.69) is 46.6 Å². The summed E-state index contributed by atoms with van der Waals surface area (Å²) in [6, 6.07) is 14.2. The fourth-order valence-corrected chi connectivity index (χ4v) is 2.57. The highest BCUT2D eigenvalue weighted by molar-refractivity contribution is 6.32. The van der Waals surface area contributed by atoms with E-state index in [4.69, 9.17) is 11.6 Å². The Morgan fingerprint density at radius 3 is 2.38 bits per heavy atom. The van der Waals surface area contributed by atoms with Crippen LogP contribution in [-0.2, 0) is 0 Å². The average molecular weight is 339 g/mol. The molecule has 0 aliphatic rings. The summed E-state index contributed by atoms with van der Waals surface area (Å²) < 4.78 is 0. The third kappa shape index (κ3) is 3.66. The largest absolute Gasteiger partial charge is 0.339 e. The summed E-state index contributed by atoms with van der Waals surface area (Å²) in [5.74, 6) is 1.08. The monoisotopic (exact) mass is 338 g/mol. The Bertz CT molecular complexity index is 877. The molecule has 1 aromatic heterocycles. The third-order valence-electron chi connectivity index (χ3n) is 3.77. The number of rotatable bonds is 4. The van der Waals surface area contributed by atoms with E-state index in [1.54, 1.807) is 6.20 Å². The summed E-state index contributed by atoms with van der Waals surface area (Å²) >= 11 is 6.24. The molecular weight excluding hydrogens is 320 g/mol. The minimum Gasteiger partial charge on any atom is -0.339 e. The lowest BCUT2D eigenvalue weighted by Gasteiger charge is -2.13. The molecule has 24 heavy (non-hydrogen) atoms. The third-order valence-corrected chi connectivity index (χ3v) is 4.05. The molecule has 3 rings (SSSR count). The van der Waals surface area contributed by atoms with Gasteiger partial charge in [-0.15, -0.1) is 0 Å². The van der Waals surface area contributed by atoms with Gasteiger partial charge in [0.2, 0.25) is 5.95 Å². The standard InChI is InChI=1S/C19H19ClN4/c1-12-8-9-17(14(3)10-12)23-19-21-11-15(20)18(24-19)22-16-7-5-4-6-13(16)2/h4-11H,1-3H3,(H2,21,22,23,24). The zero-order chi connectivity index (χ0) is 17.1. The molecule has 0 saturated carbocycles. The number of nitrogens with one attached hydrogen (secondary N) is 2. The van der Waals surface area contributed by atoms with Crippen LogP contribution >= 0.6 is 11.6 Å². The molecule has 2 aromatic carbocycles. The van der Waals surface area contributed by atoms with Gasteiger partial charge in [-0.25, -0.2) is 4.98 Å². The summed E-state index contributed by atoms with van der Waals surface area (Å²) in [7, 11) is 0. The topological polar surface area (TPSA) is 49.8 Å². The predicted octanol–water partition coefficient (Wildman–Crippen LogP) is 5.54. The highest BCUT2D eigenvalue weighted by Gasteiger charge is 2.08. The van der Waals surface area contributed by atoms with Crippen LogP contribution in [0.25, 0.3) is 0 Å². The van der Waals surface area contributed by atoms with Crippen molar-refractivity contribution in [3.63, 3.8) is 0 Å². The van der Waals surface area contributed by atoms with Crippen molar-refractivity contribution in [1.29, 1.82) is 0 Å². The molecule has 0 saturated heterocycles. The maximum atomic E-state index is 6.24. The Kier molecular flexibility index (Phi) is 4.67. The van der Waals surface area contributed by atoms with Crippen LogP contribution in [0.15, 0.2) is 48.7 Å². The highest BCUT2D eigenvalue weighted by atomic mass is 35.5. The molecule has 0 spiro atoms. The van der Waals surface area contributed by atoms with E-state index in [0.717, 1.165) is 22.5 Å². The van der Waals surface area contributed by atoms with Gasteiger partial charge in [0, 0.05) is 11.4 Å². The first-order valence-electron chi connectivity index (χ1n) is 7.72. The molecule has 0 bridgehead atoms.